The summed E-state index contributed by atoms with van der Waals surface area (Å²) in [5, 5.41) is 7.17. The zero-order valence-corrected chi connectivity index (χ0v) is 12.3. The van der Waals surface area contributed by atoms with Crippen molar-refractivity contribution in [3.8, 4) is 0 Å². The van der Waals surface area contributed by atoms with Crippen LogP contribution in [-0.4, -0.2) is 36.6 Å². The van der Waals surface area contributed by atoms with Crippen molar-refractivity contribution in [1.29, 1.82) is 0 Å². The number of hydrogen-bond acceptors (Lipinski definition) is 5. The molecule has 0 fully saturated rings. The van der Waals surface area contributed by atoms with Gasteiger partial charge >= 0.3 is 0 Å². The maximum atomic E-state index is 12.1. The normalized spacial score (nSPS) is 11.8. The minimum Gasteiger partial charge on any atom is -0.397 e. The molecular formula is C12H17N5O2S. The summed E-state index contributed by atoms with van der Waals surface area (Å²) in [5.74, 6) is 0.596. The highest BCUT2D eigenvalue weighted by molar-refractivity contribution is 7.89. The Bertz CT molecular complexity index is 721. The van der Waals surface area contributed by atoms with Crippen LogP contribution in [0.2, 0.25) is 0 Å². The fourth-order valence-electron chi connectivity index (χ4n) is 1.63. The van der Waals surface area contributed by atoms with Gasteiger partial charge in [0.2, 0.25) is 10.0 Å². The van der Waals surface area contributed by atoms with E-state index in [-0.39, 0.29) is 4.90 Å². The molecule has 3 N–H and O–H groups in total. The van der Waals surface area contributed by atoms with Crippen LogP contribution in [0.3, 0.4) is 0 Å². The third kappa shape index (κ3) is 2.75. The van der Waals surface area contributed by atoms with Gasteiger partial charge in [0.25, 0.3) is 0 Å². The van der Waals surface area contributed by atoms with Crippen LogP contribution in [0.15, 0.2) is 35.4 Å². The second-order valence-electron chi connectivity index (χ2n) is 4.54. The quantitative estimate of drug-likeness (QED) is 0.821. The lowest BCUT2D eigenvalue weighted by atomic mass is 10.2. The molecule has 0 atom stereocenters. The van der Waals surface area contributed by atoms with E-state index >= 15 is 0 Å². The molecule has 0 aliphatic rings. The first kappa shape index (κ1) is 14.4. The Hall–Kier alpha value is -2.06. The molecule has 0 amide bonds. The van der Waals surface area contributed by atoms with Crippen molar-refractivity contribution in [2.45, 2.75) is 4.90 Å². The minimum absolute atomic E-state index is 0.176. The molecule has 0 radical (unpaired) electrons. The first-order valence-electron chi connectivity index (χ1n) is 5.89. The predicted octanol–water partition coefficient (Wildman–Crippen LogP) is 0.996. The maximum Gasteiger partial charge on any atom is 0.242 e. The average molecular weight is 295 g/mol. The van der Waals surface area contributed by atoms with Crippen molar-refractivity contribution in [2.75, 3.05) is 25.1 Å². The van der Waals surface area contributed by atoms with Crippen LogP contribution < -0.4 is 11.1 Å². The summed E-state index contributed by atoms with van der Waals surface area (Å²) in [6.07, 6.45) is 1.78. The lowest BCUT2D eigenvalue weighted by molar-refractivity contribution is 0.521. The molecule has 0 unspecified atom stereocenters. The van der Waals surface area contributed by atoms with Gasteiger partial charge in [0.05, 0.1) is 16.3 Å². The Kier molecular flexibility index (Phi) is 3.69. The van der Waals surface area contributed by atoms with E-state index in [1.807, 2.05) is 0 Å². The highest BCUT2D eigenvalue weighted by atomic mass is 32.2. The molecule has 8 heteroatoms. The molecule has 1 heterocycles. The molecule has 0 saturated carbocycles. The summed E-state index contributed by atoms with van der Waals surface area (Å²) in [7, 11) is 1.27. The van der Waals surface area contributed by atoms with Crippen molar-refractivity contribution >= 4 is 27.2 Å². The number of aromatic nitrogens is 2. The molecule has 2 aromatic rings. The number of nitrogens with two attached hydrogens (primary N) is 1. The van der Waals surface area contributed by atoms with E-state index in [2.05, 4.69) is 10.4 Å². The lowest BCUT2D eigenvalue weighted by Crippen LogP contribution is -2.22. The van der Waals surface area contributed by atoms with Gasteiger partial charge in [-0.2, -0.15) is 5.10 Å². The first-order valence-corrected chi connectivity index (χ1v) is 7.33. The van der Waals surface area contributed by atoms with Gasteiger partial charge in [-0.25, -0.2) is 12.7 Å². The summed E-state index contributed by atoms with van der Waals surface area (Å²) in [6, 6.07) is 6.31. The van der Waals surface area contributed by atoms with Crippen molar-refractivity contribution in [1.82, 2.24) is 14.1 Å². The third-order valence-corrected chi connectivity index (χ3v) is 4.59. The molecular weight excluding hydrogens is 278 g/mol. The maximum absolute atomic E-state index is 12.1. The Labute approximate surface area is 118 Å². The van der Waals surface area contributed by atoms with Gasteiger partial charge in [-0.1, -0.05) is 0 Å². The van der Waals surface area contributed by atoms with Gasteiger partial charge in [-0.3, -0.25) is 4.68 Å². The number of hydrogen-bond donors (Lipinski definition) is 2. The number of nitrogens with one attached hydrogen (secondary N) is 1. The number of benzene rings is 1. The van der Waals surface area contributed by atoms with E-state index in [4.69, 9.17) is 5.73 Å². The summed E-state index contributed by atoms with van der Waals surface area (Å²) in [4.78, 5) is 0.176. The average Bonchev–Trinajstić information content (AvgIpc) is 2.77. The fourth-order valence-corrected chi connectivity index (χ4v) is 2.56. The molecule has 108 valence electrons. The molecule has 7 nitrogen and oxygen atoms in total. The highest BCUT2D eigenvalue weighted by Crippen LogP contribution is 2.26. The summed E-state index contributed by atoms with van der Waals surface area (Å²) in [5.41, 5.74) is 6.82. The fraction of sp³-hybridized carbons (Fsp3) is 0.250. The van der Waals surface area contributed by atoms with E-state index < -0.39 is 10.0 Å². The second kappa shape index (κ2) is 5.14. The number of nitrogens with zero attached hydrogens (tertiary/aromatic N) is 3. The van der Waals surface area contributed by atoms with E-state index in [0.717, 1.165) is 4.31 Å². The lowest BCUT2D eigenvalue weighted by Gasteiger charge is -2.14. The number of anilines is 3. The monoisotopic (exact) mass is 295 g/mol. The third-order valence-electron chi connectivity index (χ3n) is 2.78. The molecule has 0 spiro atoms. The Balaban J connectivity index is 2.39. The molecule has 0 bridgehead atoms. The largest absolute Gasteiger partial charge is 0.397 e. The van der Waals surface area contributed by atoms with Crippen molar-refractivity contribution in [3.05, 3.63) is 30.5 Å². The van der Waals surface area contributed by atoms with E-state index in [9.17, 15) is 8.42 Å². The molecule has 0 aliphatic heterocycles. The number of aryl methyl sites for hydroxylation is 1. The van der Waals surface area contributed by atoms with E-state index in [1.54, 1.807) is 30.1 Å². The van der Waals surface area contributed by atoms with Crippen LogP contribution in [-0.2, 0) is 17.1 Å². The summed E-state index contributed by atoms with van der Waals surface area (Å²) >= 11 is 0. The predicted molar refractivity (Wildman–Crippen MR) is 78.2 cm³/mol. The second-order valence-corrected chi connectivity index (χ2v) is 6.69. The Morgan fingerprint density at radius 3 is 2.55 bits per heavy atom. The van der Waals surface area contributed by atoms with Gasteiger partial charge in [-0.05, 0) is 18.2 Å². The SMILES string of the molecule is CN(C)S(=O)(=O)c1ccc(N)c(Nc2ccn(C)n2)c1. The molecule has 1 aromatic carbocycles. The molecule has 0 aliphatic carbocycles. The highest BCUT2D eigenvalue weighted by Gasteiger charge is 2.18. The number of rotatable bonds is 4. The van der Waals surface area contributed by atoms with E-state index in [1.165, 1.54) is 26.2 Å². The number of nitrogen functional groups attached to an aromatic ring is 1. The van der Waals surface area contributed by atoms with Gasteiger partial charge in [0, 0.05) is 33.4 Å². The van der Waals surface area contributed by atoms with Crippen LogP contribution in [0.4, 0.5) is 17.2 Å². The van der Waals surface area contributed by atoms with Crippen LogP contribution in [0.5, 0.6) is 0 Å². The van der Waals surface area contributed by atoms with Crippen molar-refractivity contribution < 1.29 is 8.42 Å². The topological polar surface area (TPSA) is 93.3 Å². The van der Waals surface area contributed by atoms with Gasteiger partial charge in [0.15, 0.2) is 5.82 Å². The summed E-state index contributed by atoms with van der Waals surface area (Å²) < 4.78 is 27.0. The zero-order chi connectivity index (χ0) is 14.9. The molecule has 20 heavy (non-hydrogen) atoms. The van der Waals surface area contributed by atoms with Crippen LogP contribution in [0.25, 0.3) is 0 Å². The van der Waals surface area contributed by atoms with Crippen LogP contribution in [0.1, 0.15) is 0 Å². The van der Waals surface area contributed by atoms with Crippen LogP contribution in [0, 0.1) is 0 Å². The van der Waals surface area contributed by atoms with Gasteiger partial charge in [-0.15, -0.1) is 0 Å². The van der Waals surface area contributed by atoms with Crippen LogP contribution >= 0.6 is 0 Å². The molecule has 1 aromatic heterocycles. The van der Waals surface area contributed by atoms with Crippen molar-refractivity contribution in [2.24, 2.45) is 7.05 Å². The molecule has 2 rings (SSSR count). The Morgan fingerprint density at radius 2 is 2.00 bits per heavy atom. The Morgan fingerprint density at radius 1 is 1.30 bits per heavy atom. The standard InChI is InChI=1S/C12H17N5O2S/c1-16(2)20(18,19)9-4-5-10(13)11(8-9)14-12-6-7-17(3)15-12/h4-8H,13H2,1-3H3,(H,14,15). The van der Waals surface area contributed by atoms with Gasteiger partial charge < -0.3 is 11.1 Å². The summed E-state index contributed by atoms with van der Waals surface area (Å²) in [6.45, 7) is 0. The minimum atomic E-state index is -3.49. The first-order chi connectivity index (χ1) is 9.30. The van der Waals surface area contributed by atoms with E-state index in [0.29, 0.717) is 17.2 Å². The zero-order valence-electron chi connectivity index (χ0n) is 11.5. The van der Waals surface area contributed by atoms with Gasteiger partial charge in [0.1, 0.15) is 0 Å². The smallest absolute Gasteiger partial charge is 0.242 e. The molecule has 0 saturated heterocycles. The van der Waals surface area contributed by atoms with Crippen molar-refractivity contribution in [3.63, 3.8) is 0 Å². The number of sulfonamides is 1.